The topological polar surface area (TPSA) is 114 Å². The number of hydrogen-bond acceptors (Lipinski definition) is 7. The molecule has 4 N–H and O–H groups in total. The minimum atomic E-state index is -3.10. The number of rotatable bonds is 5. The van der Waals surface area contributed by atoms with E-state index in [0.717, 1.165) is 17.6 Å². The number of nitrogens with two attached hydrogens (primary N) is 1. The number of amides is 1. The van der Waals surface area contributed by atoms with Crippen molar-refractivity contribution < 1.29 is 13.2 Å². The van der Waals surface area contributed by atoms with Gasteiger partial charge in [-0.1, -0.05) is 11.3 Å². The lowest BCUT2D eigenvalue weighted by Crippen LogP contribution is -2.28. The normalized spacial score (nSPS) is 12.2. The highest BCUT2D eigenvalue weighted by Crippen LogP contribution is 2.26. The van der Waals surface area contributed by atoms with Crippen LogP contribution in [0.15, 0.2) is 0 Å². The number of carbonyl (C=O) groups is 1. The first-order chi connectivity index (χ1) is 8.98. The van der Waals surface area contributed by atoms with Gasteiger partial charge in [0.1, 0.15) is 20.5 Å². The van der Waals surface area contributed by atoms with Crippen molar-refractivity contribution in [2.45, 2.75) is 26.3 Å². The summed E-state index contributed by atoms with van der Waals surface area (Å²) in [7, 11) is -3.10. The second-order valence-corrected chi connectivity index (χ2v) is 8.75. The molecule has 1 amide bonds. The Morgan fingerprint density at radius 2 is 2.00 bits per heavy atom. The van der Waals surface area contributed by atoms with Crippen molar-refractivity contribution in [2.24, 2.45) is 0 Å². The van der Waals surface area contributed by atoms with E-state index in [1.54, 1.807) is 0 Å². The molecule has 0 spiro atoms. The summed E-state index contributed by atoms with van der Waals surface area (Å²) >= 11 is 1.14. The van der Waals surface area contributed by atoms with Crippen molar-refractivity contribution in [1.82, 2.24) is 10.3 Å². The monoisotopic (exact) mass is 320 g/mol. The van der Waals surface area contributed by atoms with E-state index in [0.29, 0.717) is 5.13 Å². The number of sulfone groups is 1. The lowest BCUT2D eigenvalue weighted by molar-refractivity contribution is 0.0961. The third-order valence-corrected chi connectivity index (χ3v) is 4.03. The number of aromatic nitrogens is 1. The van der Waals surface area contributed by atoms with E-state index in [9.17, 15) is 13.2 Å². The third kappa shape index (κ3) is 5.74. The number of carbonyl (C=O) groups excluding carboxylic acids is 1. The lowest BCUT2D eigenvalue weighted by Gasteiger charge is -2.19. The van der Waals surface area contributed by atoms with E-state index in [2.05, 4.69) is 15.6 Å². The summed E-state index contributed by atoms with van der Waals surface area (Å²) in [6.07, 6.45) is 1.12. The molecule has 1 aromatic rings. The van der Waals surface area contributed by atoms with Gasteiger partial charge in [0.15, 0.2) is 5.13 Å². The second-order valence-electron chi connectivity index (χ2n) is 5.49. The molecule has 0 aliphatic rings. The molecule has 0 saturated carbocycles. The number of thiazole rings is 1. The molecule has 1 rings (SSSR count). The molecule has 114 valence electrons. The summed E-state index contributed by atoms with van der Waals surface area (Å²) in [6.45, 7) is 5.96. The Labute approximate surface area is 122 Å². The van der Waals surface area contributed by atoms with Crippen molar-refractivity contribution >= 4 is 38.0 Å². The molecule has 20 heavy (non-hydrogen) atoms. The molecule has 1 heterocycles. The van der Waals surface area contributed by atoms with Crippen LogP contribution in [0, 0.1) is 0 Å². The van der Waals surface area contributed by atoms with E-state index in [4.69, 9.17) is 5.73 Å². The summed E-state index contributed by atoms with van der Waals surface area (Å²) < 4.78 is 22.0. The molecule has 9 heteroatoms. The molecule has 0 aromatic carbocycles. The van der Waals surface area contributed by atoms with Crippen LogP contribution in [0.3, 0.4) is 0 Å². The zero-order valence-corrected chi connectivity index (χ0v) is 13.6. The third-order valence-electron chi connectivity index (χ3n) is 2.10. The van der Waals surface area contributed by atoms with Gasteiger partial charge in [-0.25, -0.2) is 13.4 Å². The van der Waals surface area contributed by atoms with Gasteiger partial charge in [0.05, 0.1) is 5.75 Å². The zero-order valence-electron chi connectivity index (χ0n) is 12.0. The molecule has 0 atom stereocenters. The Bertz CT molecular complexity index is 587. The smallest absolute Gasteiger partial charge is 0.265 e. The molecule has 0 unspecified atom stereocenters. The van der Waals surface area contributed by atoms with Gasteiger partial charge in [-0.3, -0.25) is 4.79 Å². The van der Waals surface area contributed by atoms with Gasteiger partial charge in [0.25, 0.3) is 5.91 Å². The van der Waals surface area contributed by atoms with Crippen LogP contribution in [0.25, 0.3) is 0 Å². The van der Waals surface area contributed by atoms with Gasteiger partial charge >= 0.3 is 0 Å². The molecule has 0 fully saturated rings. The predicted molar refractivity (Wildman–Crippen MR) is 81.9 cm³/mol. The first kappa shape index (κ1) is 16.7. The highest BCUT2D eigenvalue weighted by Gasteiger charge is 2.19. The van der Waals surface area contributed by atoms with Crippen molar-refractivity contribution in [3.63, 3.8) is 0 Å². The quantitative estimate of drug-likeness (QED) is 0.736. The van der Waals surface area contributed by atoms with Crippen LogP contribution in [0.5, 0.6) is 0 Å². The largest absolute Gasteiger partial charge is 0.382 e. The summed E-state index contributed by atoms with van der Waals surface area (Å²) in [6, 6.07) is 0. The SMILES string of the molecule is CC(C)(C)Nc1nc(N)c(C(=O)NCCS(C)(=O)=O)s1. The number of anilines is 2. The molecule has 0 saturated heterocycles. The maximum Gasteiger partial charge on any atom is 0.265 e. The molecule has 0 aliphatic carbocycles. The molecular formula is C11H20N4O3S2. The van der Waals surface area contributed by atoms with Crippen molar-refractivity contribution in [1.29, 1.82) is 0 Å². The number of nitrogen functional groups attached to an aromatic ring is 1. The molecule has 0 bridgehead atoms. The minimum Gasteiger partial charge on any atom is -0.382 e. The van der Waals surface area contributed by atoms with Crippen LogP contribution in [0.2, 0.25) is 0 Å². The zero-order chi connectivity index (χ0) is 15.6. The summed E-state index contributed by atoms with van der Waals surface area (Å²) in [4.78, 5) is 16.2. The summed E-state index contributed by atoms with van der Waals surface area (Å²) in [5.41, 5.74) is 5.51. The van der Waals surface area contributed by atoms with E-state index in [1.165, 1.54) is 0 Å². The number of nitrogens with zero attached hydrogens (tertiary/aromatic N) is 1. The minimum absolute atomic E-state index is 0.0526. The Hall–Kier alpha value is -1.35. The lowest BCUT2D eigenvalue weighted by atomic mass is 10.1. The number of nitrogens with one attached hydrogen (secondary N) is 2. The maximum atomic E-state index is 11.9. The van der Waals surface area contributed by atoms with Gasteiger partial charge in [0.2, 0.25) is 0 Å². The van der Waals surface area contributed by atoms with Crippen LogP contribution in [0.1, 0.15) is 30.4 Å². The molecular weight excluding hydrogens is 300 g/mol. The Morgan fingerprint density at radius 1 is 1.40 bits per heavy atom. The van der Waals surface area contributed by atoms with Gasteiger partial charge in [0, 0.05) is 18.3 Å². The molecule has 0 radical (unpaired) electrons. The van der Waals surface area contributed by atoms with E-state index >= 15 is 0 Å². The Morgan fingerprint density at radius 3 is 2.50 bits per heavy atom. The van der Waals surface area contributed by atoms with Crippen molar-refractivity contribution in [3.05, 3.63) is 4.88 Å². The van der Waals surface area contributed by atoms with E-state index in [-0.39, 0.29) is 28.5 Å². The summed E-state index contributed by atoms with van der Waals surface area (Å²) in [5.74, 6) is -0.380. The highest BCUT2D eigenvalue weighted by atomic mass is 32.2. The van der Waals surface area contributed by atoms with Crippen molar-refractivity contribution in [3.8, 4) is 0 Å². The first-order valence-electron chi connectivity index (χ1n) is 5.98. The number of hydrogen-bond donors (Lipinski definition) is 3. The van der Waals surface area contributed by atoms with Gasteiger partial charge in [-0.05, 0) is 20.8 Å². The average Bonchev–Trinajstić information content (AvgIpc) is 2.54. The summed E-state index contributed by atoms with van der Waals surface area (Å²) in [5, 5.41) is 6.20. The van der Waals surface area contributed by atoms with Crippen LogP contribution >= 0.6 is 11.3 Å². The van der Waals surface area contributed by atoms with Gasteiger partial charge < -0.3 is 16.4 Å². The standard InChI is InChI=1S/C11H20N4O3S2/c1-11(2,3)15-10-14-8(12)7(19-10)9(16)13-5-6-20(4,17)18/h5-6,12H2,1-4H3,(H,13,16)(H,14,15). The fraction of sp³-hybridized carbons (Fsp3) is 0.636. The fourth-order valence-electron chi connectivity index (χ4n) is 1.30. The van der Waals surface area contributed by atoms with Crippen LogP contribution in [0.4, 0.5) is 10.9 Å². The highest BCUT2D eigenvalue weighted by molar-refractivity contribution is 7.90. The van der Waals surface area contributed by atoms with Crippen LogP contribution in [-0.4, -0.2) is 43.4 Å². The van der Waals surface area contributed by atoms with Crippen molar-refractivity contribution in [2.75, 3.05) is 29.6 Å². The fourth-order valence-corrected chi connectivity index (χ4v) is 2.78. The Kier molecular flexibility index (Phi) is 4.98. The average molecular weight is 320 g/mol. The predicted octanol–water partition coefficient (Wildman–Crippen LogP) is 0.710. The van der Waals surface area contributed by atoms with Gasteiger partial charge in [-0.2, -0.15) is 0 Å². The molecule has 7 nitrogen and oxygen atoms in total. The van der Waals surface area contributed by atoms with Crippen LogP contribution in [-0.2, 0) is 9.84 Å². The van der Waals surface area contributed by atoms with Crippen LogP contribution < -0.4 is 16.4 Å². The van der Waals surface area contributed by atoms with Gasteiger partial charge in [-0.15, -0.1) is 0 Å². The molecule has 0 aliphatic heterocycles. The van der Waals surface area contributed by atoms with E-state index < -0.39 is 15.7 Å². The Balaban J connectivity index is 2.69. The maximum absolute atomic E-state index is 11.9. The van der Waals surface area contributed by atoms with E-state index in [1.807, 2.05) is 20.8 Å². The second kappa shape index (κ2) is 5.96. The molecule has 1 aromatic heterocycles. The first-order valence-corrected chi connectivity index (χ1v) is 8.86.